The Bertz CT molecular complexity index is 392. The van der Waals surface area contributed by atoms with Gasteiger partial charge in [0, 0.05) is 0 Å². The van der Waals surface area contributed by atoms with Gasteiger partial charge in [-0.3, -0.25) is 4.18 Å². The molecule has 0 spiro atoms. The van der Waals surface area contributed by atoms with Crippen molar-refractivity contribution >= 4 is 10.1 Å². The van der Waals surface area contributed by atoms with Crippen LogP contribution in [0.2, 0.25) is 0 Å². The number of unbranched alkanes of at least 4 members (excludes halogenated alkanes) is 1. The predicted octanol–water partition coefficient (Wildman–Crippen LogP) is 2.66. The maximum Gasteiger partial charge on any atom is 0.297 e. The highest BCUT2D eigenvalue weighted by molar-refractivity contribution is 7.86. The lowest BCUT2D eigenvalue weighted by Gasteiger charge is -2.04. The Kier molecular flexibility index (Phi) is 4.29. The fourth-order valence-corrected chi connectivity index (χ4v) is 1.87. The van der Waals surface area contributed by atoms with Crippen molar-refractivity contribution in [1.82, 2.24) is 0 Å². The summed E-state index contributed by atoms with van der Waals surface area (Å²) >= 11 is 0. The average Bonchev–Trinajstić information content (AvgIpc) is 2.18. The van der Waals surface area contributed by atoms with E-state index in [0.717, 1.165) is 12.0 Å². The van der Waals surface area contributed by atoms with Crippen LogP contribution in [0.3, 0.4) is 0 Å². The van der Waals surface area contributed by atoms with E-state index in [4.69, 9.17) is 4.18 Å². The molecule has 0 aliphatic carbocycles. The lowest BCUT2D eigenvalue weighted by atomic mass is 10.2. The van der Waals surface area contributed by atoms with Crippen LogP contribution < -0.4 is 0 Å². The first-order valence-corrected chi connectivity index (χ1v) is 6.28. The first kappa shape index (κ1) is 12.2. The van der Waals surface area contributed by atoms with Crippen molar-refractivity contribution in [3.63, 3.8) is 0 Å². The third-order valence-electron chi connectivity index (χ3n) is 1.91. The molecular weight excluding hydrogens is 212 g/mol. The maximum atomic E-state index is 11.6. The molecule has 0 N–H and O–H groups in total. The number of hydrogen-bond acceptors (Lipinski definition) is 3. The van der Waals surface area contributed by atoms with Crippen LogP contribution in [0.1, 0.15) is 25.3 Å². The maximum absolute atomic E-state index is 11.6. The molecule has 0 heterocycles. The molecule has 0 amide bonds. The van der Waals surface area contributed by atoms with E-state index in [1.54, 1.807) is 24.3 Å². The van der Waals surface area contributed by atoms with Crippen LogP contribution in [0.4, 0.5) is 0 Å². The molecule has 1 rings (SSSR count). The van der Waals surface area contributed by atoms with Gasteiger partial charge in [-0.2, -0.15) is 8.42 Å². The molecule has 0 saturated heterocycles. The monoisotopic (exact) mass is 227 g/mol. The average molecular weight is 227 g/mol. The van der Waals surface area contributed by atoms with Gasteiger partial charge in [0.1, 0.15) is 6.61 Å². The Morgan fingerprint density at radius 3 is 2.40 bits per heavy atom. The van der Waals surface area contributed by atoms with Crippen molar-refractivity contribution in [3.05, 3.63) is 36.4 Å². The van der Waals surface area contributed by atoms with Crippen molar-refractivity contribution in [1.29, 1.82) is 0 Å². The SMILES string of the molecule is CCC[CH]OS(=O)(=O)c1ccc(C)cc1. The van der Waals surface area contributed by atoms with E-state index < -0.39 is 10.1 Å². The Hall–Kier alpha value is -0.870. The van der Waals surface area contributed by atoms with Crippen LogP contribution in [-0.4, -0.2) is 8.42 Å². The van der Waals surface area contributed by atoms with Crippen molar-refractivity contribution in [3.8, 4) is 0 Å². The molecule has 0 aliphatic rings. The molecular formula is C11H15O3S. The summed E-state index contributed by atoms with van der Waals surface area (Å²) < 4.78 is 27.9. The molecule has 0 unspecified atom stereocenters. The second-order valence-electron chi connectivity index (χ2n) is 3.32. The van der Waals surface area contributed by atoms with Gasteiger partial charge >= 0.3 is 0 Å². The summed E-state index contributed by atoms with van der Waals surface area (Å²) in [5, 5.41) is 0. The number of rotatable bonds is 5. The Labute approximate surface area is 91.2 Å². The highest BCUT2D eigenvalue weighted by atomic mass is 32.2. The second-order valence-corrected chi connectivity index (χ2v) is 4.89. The molecule has 1 radical (unpaired) electrons. The zero-order valence-corrected chi connectivity index (χ0v) is 9.75. The molecule has 0 atom stereocenters. The molecule has 0 fully saturated rings. The van der Waals surface area contributed by atoms with Crippen LogP contribution in [0, 0.1) is 13.5 Å². The van der Waals surface area contributed by atoms with E-state index in [2.05, 4.69) is 0 Å². The summed E-state index contributed by atoms with van der Waals surface area (Å²) in [5.74, 6) is 0. The minimum absolute atomic E-state index is 0.195. The second kappa shape index (κ2) is 5.28. The van der Waals surface area contributed by atoms with E-state index in [9.17, 15) is 8.42 Å². The minimum atomic E-state index is -3.60. The van der Waals surface area contributed by atoms with Gasteiger partial charge < -0.3 is 0 Å². The summed E-state index contributed by atoms with van der Waals surface area (Å²) in [5.41, 5.74) is 1.02. The van der Waals surface area contributed by atoms with Gasteiger partial charge in [-0.25, -0.2) is 0 Å². The molecule has 3 nitrogen and oxygen atoms in total. The van der Waals surface area contributed by atoms with Gasteiger partial charge in [-0.05, 0) is 25.5 Å². The quantitative estimate of drug-likeness (QED) is 0.573. The van der Waals surface area contributed by atoms with Gasteiger partial charge in [-0.1, -0.05) is 31.0 Å². The van der Waals surface area contributed by atoms with Crippen LogP contribution >= 0.6 is 0 Å². The van der Waals surface area contributed by atoms with E-state index in [1.807, 2.05) is 13.8 Å². The van der Waals surface area contributed by atoms with Gasteiger partial charge in [-0.15, -0.1) is 0 Å². The topological polar surface area (TPSA) is 43.4 Å². The molecule has 4 heteroatoms. The number of benzene rings is 1. The third-order valence-corrected chi connectivity index (χ3v) is 3.15. The number of aryl methyl sites for hydroxylation is 1. The molecule has 1 aromatic rings. The Morgan fingerprint density at radius 2 is 1.87 bits per heavy atom. The highest BCUT2D eigenvalue weighted by Gasteiger charge is 2.14. The molecule has 15 heavy (non-hydrogen) atoms. The fraction of sp³-hybridized carbons (Fsp3) is 0.364. The van der Waals surface area contributed by atoms with Crippen LogP contribution in [-0.2, 0) is 14.3 Å². The number of hydrogen-bond donors (Lipinski definition) is 0. The van der Waals surface area contributed by atoms with E-state index in [1.165, 1.54) is 6.61 Å². The van der Waals surface area contributed by atoms with E-state index >= 15 is 0 Å². The van der Waals surface area contributed by atoms with Gasteiger partial charge in [0.2, 0.25) is 0 Å². The lowest BCUT2D eigenvalue weighted by Crippen LogP contribution is -2.04. The van der Waals surface area contributed by atoms with Crippen molar-refractivity contribution in [2.45, 2.75) is 31.6 Å². The fourth-order valence-electron chi connectivity index (χ4n) is 1.02. The van der Waals surface area contributed by atoms with E-state index in [0.29, 0.717) is 6.42 Å². The zero-order chi connectivity index (χ0) is 11.3. The molecule has 0 bridgehead atoms. The van der Waals surface area contributed by atoms with Crippen LogP contribution in [0.5, 0.6) is 0 Å². The minimum Gasteiger partial charge on any atom is -0.260 e. The van der Waals surface area contributed by atoms with E-state index in [-0.39, 0.29) is 4.90 Å². The largest absolute Gasteiger partial charge is 0.297 e. The zero-order valence-electron chi connectivity index (χ0n) is 8.93. The van der Waals surface area contributed by atoms with Crippen LogP contribution in [0.15, 0.2) is 29.2 Å². The summed E-state index contributed by atoms with van der Waals surface area (Å²) in [4.78, 5) is 0.195. The third kappa shape index (κ3) is 3.64. The normalized spacial score (nSPS) is 11.6. The van der Waals surface area contributed by atoms with Crippen molar-refractivity contribution in [2.24, 2.45) is 0 Å². The predicted molar refractivity (Wildman–Crippen MR) is 58.7 cm³/mol. The van der Waals surface area contributed by atoms with Crippen molar-refractivity contribution < 1.29 is 12.6 Å². The first-order chi connectivity index (χ1) is 7.06. The summed E-state index contributed by atoms with van der Waals surface area (Å²) in [7, 11) is -3.60. The van der Waals surface area contributed by atoms with Gasteiger partial charge in [0.25, 0.3) is 10.1 Å². The van der Waals surface area contributed by atoms with Gasteiger partial charge in [0.15, 0.2) is 0 Å². The smallest absolute Gasteiger partial charge is 0.260 e. The Morgan fingerprint density at radius 1 is 1.27 bits per heavy atom. The molecule has 0 aliphatic heterocycles. The first-order valence-electron chi connectivity index (χ1n) is 4.88. The lowest BCUT2D eigenvalue weighted by molar-refractivity contribution is 0.379. The van der Waals surface area contributed by atoms with Crippen LogP contribution in [0.25, 0.3) is 0 Å². The van der Waals surface area contributed by atoms with Crippen molar-refractivity contribution in [2.75, 3.05) is 0 Å². The highest BCUT2D eigenvalue weighted by Crippen LogP contribution is 2.14. The summed E-state index contributed by atoms with van der Waals surface area (Å²) in [6.45, 7) is 5.19. The standard InChI is InChI=1S/C11H15O3S/c1-3-4-9-14-15(12,13)11-7-5-10(2)6-8-11/h5-9H,3-4H2,1-2H3. The summed E-state index contributed by atoms with van der Waals surface area (Å²) in [6.07, 6.45) is 1.49. The Balaban J connectivity index is 2.73. The summed E-state index contributed by atoms with van der Waals surface area (Å²) in [6, 6.07) is 6.58. The molecule has 0 aromatic heterocycles. The molecule has 0 saturated carbocycles. The van der Waals surface area contributed by atoms with Gasteiger partial charge in [0.05, 0.1) is 4.90 Å². The molecule has 83 valence electrons. The molecule has 1 aromatic carbocycles.